The van der Waals surface area contributed by atoms with Crippen molar-refractivity contribution >= 4 is 43.6 Å². The van der Waals surface area contributed by atoms with Crippen LogP contribution in [0.1, 0.15) is 0 Å². The second-order valence-corrected chi connectivity index (χ2v) is 16.0. The van der Waals surface area contributed by atoms with Crippen LogP contribution in [0.25, 0.3) is 111 Å². The molecule has 0 bridgehead atoms. The first kappa shape index (κ1) is 35.7. The van der Waals surface area contributed by atoms with Gasteiger partial charge < -0.3 is 9.13 Å². The van der Waals surface area contributed by atoms with Crippen molar-refractivity contribution in [2.75, 3.05) is 0 Å². The molecule has 62 heavy (non-hydrogen) atoms. The van der Waals surface area contributed by atoms with Gasteiger partial charge in [-0.3, -0.25) is 0 Å². The third-order valence-corrected chi connectivity index (χ3v) is 12.3. The normalized spacial score (nSPS) is 11.5. The van der Waals surface area contributed by atoms with E-state index >= 15 is 0 Å². The van der Waals surface area contributed by atoms with Crippen LogP contribution in [-0.4, -0.2) is 14.1 Å². The van der Waals surface area contributed by atoms with Gasteiger partial charge in [-0.2, -0.15) is 0 Å². The van der Waals surface area contributed by atoms with Crippen molar-refractivity contribution in [2.24, 2.45) is 0 Å². The summed E-state index contributed by atoms with van der Waals surface area (Å²) in [6.45, 7) is 0. The summed E-state index contributed by atoms with van der Waals surface area (Å²) in [6, 6.07) is 85.1. The number of nitrogens with zero attached hydrogens (tertiary/aromatic N) is 3. The number of pyridine rings is 1. The van der Waals surface area contributed by atoms with E-state index in [-0.39, 0.29) is 0 Å². The van der Waals surface area contributed by atoms with Crippen LogP contribution in [0.5, 0.6) is 0 Å². The van der Waals surface area contributed by atoms with Crippen LogP contribution in [0.4, 0.5) is 0 Å². The SMILES string of the molecule is c1ccc(-c2cc(-c3ccccc3)nc(-c3ccc(-n4c5ccccc5c5cc(-c6ccc(-c7ccc8c(c7)c7ccccc7n8-c7ccccc7)cc6)ccc54)cc3)c2)cc1. The second-order valence-electron chi connectivity index (χ2n) is 16.0. The Morgan fingerprint density at radius 1 is 0.226 bits per heavy atom. The summed E-state index contributed by atoms with van der Waals surface area (Å²) in [5, 5.41) is 4.99. The maximum atomic E-state index is 5.18. The average molecular weight is 790 g/mol. The molecule has 3 nitrogen and oxygen atoms in total. The van der Waals surface area contributed by atoms with Gasteiger partial charge in [-0.05, 0) is 106 Å². The summed E-state index contributed by atoms with van der Waals surface area (Å²) < 4.78 is 4.75. The highest BCUT2D eigenvalue weighted by Crippen LogP contribution is 2.38. The van der Waals surface area contributed by atoms with Gasteiger partial charge in [-0.25, -0.2) is 4.98 Å². The number of hydrogen-bond acceptors (Lipinski definition) is 1. The van der Waals surface area contributed by atoms with Gasteiger partial charge in [0.1, 0.15) is 0 Å². The number of rotatable bonds is 7. The van der Waals surface area contributed by atoms with Crippen molar-refractivity contribution in [3.63, 3.8) is 0 Å². The van der Waals surface area contributed by atoms with E-state index in [1.54, 1.807) is 0 Å². The van der Waals surface area contributed by atoms with Gasteiger partial charge in [0.15, 0.2) is 0 Å². The Morgan fingerprint density at radius 3 is 1.10 bits per heavy atom. The van der Waals surface area contributed by atoms with E-state index in [1.165, 1.54) is 77.1 Å². The van der Waals surface area contributed by atoms with Crippen LogP contribution >= 0.6 is 0 Å². The van der Waals surface area contributed by atoms with Crippen molar-refractivity contribution in [3.05, 3.63) is 237 Å². The minimum atomic E-state index is 0.950. The molecule has 0 spiro atoms. The Morgan fingerprint density at radius 2 is 0.581 bits per heavy atom. The quantitative estimate of drug-likeness (QED) is 0.158. The van der Waals surface area contributed by atoms with Crippen molar-refractivity contribution in [1.29, 1.82) is 0 Å². The van der Waals surface area contributed by atoms with Crippen LogP contribution in [0.2, 0.25) is 0 Å². The molecule has 0 saturated heterocycles. The molecule has 0 amide bonds. The Kier molecular flexibility index (Phi) is 8.50. The molecule has 0 fully saturated rings. The molecule has 0 unspecified atom stereocenters. The van der Waals surface area contributed by atoms with Crippen molar-refractivity contribution < 1.29 is 0 Å². The van der Waals surface area contributed by atoms with Crippen molar-refractivity contribution in [2.45, 2.75) is 0 Å². The third-order valence-electron chi connectivity index (χ3n) is 12.3. The van der Waals surface area contributed by atoms with Crippen LogP contribution in [0.15, 0.2) is 237 Å². The highest BCUT2D eigenvalue weighted by molar-refractivity contribution is 6.11. The summed E-state index contributed by atoms with van der Waals surface area (Å²) in [7, 11) is 0. The second kappa shape index (κ2) is 14.8. The van der Waals surface area contributed by atoms with E-state index in [0.717, 1.165) is 33.8 Å². The summed E-state index contributed by atoms with van der Waals surface area (Å²) in [6.07, 6.45) is 0. The van der Waals surface area contributed by atoms with Gasteiger partial charge >= 0.3 is 0 Å². The van der Waals surface area contributed by atoms with Crippen LogP contribution in [-0.2, 0) is 0 Å². The lowest BCUT2D eigenvalue weighted by Crippen LogP contribution is -1.95. The molecule has 3 heteroatoms. The molecular weight excluding hydrogens is 751 g/mol. The lowest BCUT2D eigenvalue weighted by molar-refractivity contribution is 1.18. The maximum Gasteiger partial charge on any atom is 0.0715 e. The molecule has 0 N–H and O–H groups in total. The minimum absolute atomic E-state index is 0.950. The van der Waals surface area contributed by atoms with Gasteiger partial charge in [0.25, 0.3) is 0 Å². The van der Waals surface area contributed by atoms with E-state index in [9.17, 15) is 0 Å². The average Bonchev–Trinajstić information content (AvgIpc) is 3.87. The Balaban J connectivity index is 0.886. The monoisotopic (exact) mass is 789 g/mol. The number of hydrogen-bond donors (Lipinski definition) is 0. The van der Waals surface area contributed by atoms with Crippen LogP contribution in [0, 0.1) is 0 Å². The molecule has 0 radical (unpaired) electrons. The van der Waals surface area contributed by atoms with E-state index < -0.39 is 0 Å². The highest BCUT2D eigenvalue weighted by atomic mass is 15.0. The van der Waals surface area contributed by atoms with E-state index in [4.69, 9.17) is 4.98 Å². The minimum Gasteiger partial charge on any atom is -0.309 e. The van der Waals surface area contributed by atoms with Crippen molar-refractivity contribution in [3.8, 4) is 67.3 Å². The fraction of sp³-hybridized carbons (Fsp3) is 0. The highest BCUT2D eigenvalue weighted by Gasteiger charge is 2.16. The Hall–Kier alpha value is -8.27. The molecule has 290 valence electrons. The van der Waals surface area contributed by atoms with Gasteiger partial charge in [0.05, 0.1) is 33.5 Å². The summed E-state index contributed by atoms with van der Waals surface area (Å²) in [5.74, 6) is 0. The largest absolute Gasteiger partial charge is 0.309 e. The zero-order chi connectivity index (χ0) is 41.0. The molecule has 9 aromatic carbocycles. The molecule has 0 aliphatic heterocycles. The predicted molar refractivity (Wildman–Crippen MR) is 260 cm³/mol. The standard InChI is InChI=1S/C59H39N3/c1-4-14-40(15-5-1)47-38-54(43-16-6-2-7-17-43)60-55(39-47)44-28-32-49(33-29-44)62-57-23-13-11-21-51(57)53-37-46(31-35-59(53)62)42-26-24-41(25-27-42)45-30-34-58-52(36-45)50-20-10-12-22-56(50)61(58)48-18-8-3-9-19-48/h1-39H. The van der Waals surface area contributed by atoms with Crippen molar-refractivity contribution in [1.82, 2.24) is 14.1 Å². The van der Waals surface area contributed by atoms with Crippen LogP contribution < -0.4 is 0 Å². The maximum absolute atomic E-state index is 5.18. The zero-order valence-corrected chi connectivity index (χ0v) is 33.9. The van der Waals surface area contributed by atoms with Gasteiger partial charge in [0.2, 0.25) is 0 Å². The molecule has 12 rings (SSSR count). The lowest BCUT2D eigenvalue weighted by atomic mass is 9.98. The third kappa shape index (κ3) is 6.10. The molecule has 3 heterocycles. The van der Waals surface area contributed by atoms with Gasteiger partial charge in [0, 0.05) is 44.0 Å². The summed E-state index contributed by atoms with van der Waals surface area (Å²) >= 11 is 0. The van der Waals surface area contributed by atoms with Crippen LogP contribution in [0.3, 0.4) is 0 Å². The lowest BCUT2D eigenvalue weighted by Gasteiger charge is -2.12. The first-order valence-corrected chi connectivity index (χ1v) is 21.2. The molecule has 0 aliphatic rings. The first-order chi connectivity index (χ1) is 30.7. The molecule has 0 saturated carbocycles. The summed E-state index contributed by atoms with van der Waals surface area (Å²) in [4.78, 5) is 5.18. The zero-order valence-electron chi connectivity index (χ0n) is 33.9. The number of benzene rings is 9. The predicted octanol–water partition coefficient (Wildman–Crippen LogP) is 15.6. The topological polar surface area (TPSA) is 22.8 Å². The summed E-state index contributed by atoms with van der Waals surface area (Å²) in [5.41, 5.74) is 18.3. The molecule has 12 aromatic rings. The Bertz CT molecular complexity index is 3520. The number of para-hydroxylation sites is 3. The van der Waals surface area contributed by atoms with E-state index in [0.29, 0.717) is 0 Å². The smallest absolute Gasteiger partial charge is 0.0715 e. The number of fused-ring (bicyclic) bond motifs is 6. The molecular formula is C59H39N3. The van der Waals surface area contributed by atoms with E-state index in [2.05, 4.69) is 240 Å². The fourth-order valence-electron chi connectivity index (χ4n) is 9.31. The first-order valence-electron chi connectivity index (χ1n) is 21.2. The van der Waals surface area contributed by atoms with Gasteiger partial charge in [-0.15, -0.1) is 0 Å². The molecule has 3 aromatic heterocycles. The molecule has 0 aliphatic carbocycles. The van der Waals surface area contributed by atoms with E-state index in [1.807, 2.05) is 6.07 Å². The Labute approximate surface area is 360 Å². The van der Waals surface area contributed by atoms with Gasteiger partial charge in [-0.1, -0.05) is 164 Å². The fourth-order valence-corrected chi connectivity index (χ4v) is 9.31. The molecule has 0 atom stereocenters. The number of aromatic nitrogens is 3.